The predicted molar refractivity (Wildman–Crippen MR) is 138 cm³/mol. The van der Waals surface area contributed by atoms with Gasteiger partial charge >= 0.3 is 11.9 Å². The Labute approximate surface area is 225 Å². The number of likely N-dealkylation sites (tertiary alicyclic amines) is 1. The molecular weight excluding hydrogens is 540 g/mol. The Bertz CT molecular complexity index is 1220. The van der Waals surface area contributed by atoms with Gasteiger partial charge in [-0.3, -0.25) is 9.62 Å². The van der Waals surface area contributed by atoms with E-state index >= 15 is 0 Å². The molecule has 1 aliphatic rings. The molecule has 14 heteroatoms. The lowest BCUT2D eigenvalue weighted by Gasteiger charge is -2.16. The number of aromatic nitrogens is 1. The van der Waals surface area contributed by atoms with Gasteiger partial charge in [0.15, 0.2) is 0 Å². The van der Waals surface area contributed by atoms with Crippen LogP contribution in [0.1, 0.15) is 25.5 Å². The maximum Gasteiger partial charge on any atom is 0.328 e. The predicted octanol–water partition coefficient (Wildman–Crippen LogP) is 3.41. The number of anilines is 1. The standard InChI is InChI=1S/C21H27F2N3O4S.C4H4O4/c1-3-11-26-12-10-17(13-26)30-21-9-8-19(15(2)24-21)25-31(27,28)18-6-4-16(5-7-18)29-14-20(22)23;5-3(6)1-2-4(7)8/h4-9,17,20,25H,3,10-14H2,1-2H3;1-2H,(H,5,6)(H,7,8). The summed E-state index contributed by atoms with van der Waals surface area (Å²) in [6, 6.07) is 8.53. The van der Waals surface area contributed by atoms with Gasteiger partial charge in [0.1, 0.15) is 18.5 Å². The maximum absolute atomic E-state index is 12.7. The number of aliphatic carboxylic acids is 2. The van der Waals surface area contributed by atoms with E-state index < -0.39 is 35.0 Å². The van der Waals surface area contributed by atoms with Crippen LogP contribution in [0.3, 0.4) is 0 Å². The number of rotatable bonds is 12. The molecule has 0 amide bonds. The van der Waals surface area contributed by atoms with Gasteiger partial charge in [0.2, 0.25) is 5.88 Å². The second-order valence-corrected chi connectivity index (χ2v) is 10.1. The van der Waals surface area contributed by atoms with E-state index in [9.17, 15) is 26.8 Å². The summed E-state index contributed by atoms with van der Waals surface area (Å²) in [7, 11) is -3.87. The molecule has 1 aliphatic heterocycles. The number of halogens is 2. The van der Waals surface area contributed by atoms with E-state index in [-0.39, 0.29) is 16.7 Å². The number of nitrogens with zero attached hydrogens (tertiary/aromatic N) is 2. The highest BCUT2D eigenvalue weighted by Gasteiger charge is 2.24. The number of pyridine rings is 1. The topological polar surface area (TPSA) is 155 Å². The Balaban J connectivity index is 0.000000580. The Morgan fingerprint density at radius 3 is 2.33 bits per heavy atom. The van der Waals surface area contributed by atoms with Crippen LogP contribution in [0, 0.1) is 6.92 Å². The van der Waals surface area contributed by atoms with Crippen molar-refractivity contribution in [3.63, 3.8) is 0 Å². The van der Waals surface area contributed by atoms with Crippen molar-refractivity contribution >= 4 is 27.6 Å². The van der Waals surface area contributed by atoms with Crippen molar-refractivity contribution in [3.8, 4) is 11.6 Å². The van der Waals surface area contributed by atoms with Gasteiger partial charge in [0, 0.05) is 31.3 Å². The minimum absolute atomic E-state index is 0.0152. The molecule has 39 heavy (non-hydrogen) atoms. The molecular formula is C25H31F2N3O8S. The number of carbonyl (C=O) groups is 2. The van der Waals surface area contributed by atoms with Gasteiger partial charge in [0.25, 0.3) is 16.4 Å². The smallest absolute Gasteiger partial charge is 0.328 e. The molecule has 0 radical (unpaired) electrons. The normalized spacial score (nSPS) is 15.6. The molecule has 1 fully saturated rings. The highest BCUT2D eigenvalue weighted by Crippen LogP contribution is 2.24. The molecule has 1 aromatic heterocycles. The van der Waals surface area contributed by atoms with Crippen LogP contribution in [0.25, 0.3) is 0 Å². The van der Waals surface area contributed by atoms with E-state index in [0.717, 1.165) is 32.5 Å². The van der Waals surface area contributed by atoms with Crippen molar-refractivity contribution in [2.45, 2.75) is 44.1 Å². The van der Waals surface area contributed by atoms with Crippen LogP contribution in [0.5, 0.6) is 11.6 Å². The number of carboxylic acids is 2. The third-order valence-corrected chi connectivity index (χ3v) is 6.62. The first kappa shape index (κ1) is 31.4. The van der Waals surface area contributed by atoms with Crippen LogP contribution < -0.4 is 14.2 Å². The number of hydrogen-bond acceptors (Lipinski definition) is 8. The minimum Gasteiger partial charge on any atom is -0.488 e. The molecule has 0 saturated carbocycles. The zero-order valence-electron chi connectivity index (χ0n) is 21.4. The highest BCUT2D eigenvalue weighted by molar-refractivity contribution is 7.92. The van der Waals surface area contributed by atoms with E-state index in [0.29, 0.717) is 29.4 Å². The van der Waals surface area contributed by atoms with Crippen LogP contribution in [-0.2, 0) is 19.6 Å². The molecule has 1 saturated heterocycles. The molecule has 3 N–H and O–H groups in total. The Morgan fingerprint density at radius 2 is 1.79 bits per heavy atom. The van der Waals surface area contributed by atoms with Crippen molar-refractivity contribution < 1.29 is 46.5 Å². The second-order valence-electron chi connectivity index (χ2n) is 8.40. The fraction of sp³-hybridized carbons (Fsp3) is 0.400. The number of benzene rings is 1. The average Bonchev–Trinajstić information content (AvgIpc) is 3.30. The largest absolute Gasteiger partial charge is 0.488 e. The van der Waals surface area contributed by atoms with Gasteiger partial charge in [-0.15, -0.1) is 0 Å². The van der Waals surface area contributed by atoms with Crippen LogP contribution >= 0.6 is 0 Å². The number of sulfonamides is 1. The van der Waals surface area contributed by atoms with E-state index in [4.69, 9.17) is 19.7 Å². The summed E-state index contributed by atoms with van der Waals surface area (Å²) in [4.78, 5) is 25.8. The first-order chi connectivity index (χ1) is 18.4. The van der Waals surface area contributed by atoms with Gasteiger partial charge in [-0.25, -0.2) is 31.8 Å². The first-order valence-electron chi connectivity index (χ1n) is 11.9. The molecule has 0 bridgehead atoms. The molecule has 1 atom stereocenters. The van der Waals surface area contributed by atoms with E-state index in [1.807, 2.05) is 0 Å². The molecule has 2 aromatic rings. The molecule has 0 spiro atoms. The summed E-state index contributed by atoms with van der Waals surface area (Å²) < 4.78 is 63.1. The molecule has 214 valence electrons. The van der Waals surface area contributed by atoms with Crippen molar-refractivity contribution in [2.24, 2.45) is 0 Å². The lowest BCUT2D eigenvalue weighted by Crippen LogP contribution is -2.25. The molecule has 1 aromatic carbocycles. The number of nitrogens with one attached hydrogen (secondary N) is 1. The lowest BCUT2D eigenvalue weighted by atomic mass is 10.3. The summed E-state index contributed by atoms with van der Waals surface area (Å²) in [6.45, 7) is 6.01. The van der Waals surface area contributed by atoms with Gasteiger partial charge in [-0.2, -0.15) is 0 Å². The Hall–Kier alpha value is -3.78. The quantitative estimate of drug-likeness (QED) is 0.323. The Kier molecular flexibility index (Phi) is 12.1. The first-order valence-corrected chi connectivity index (χ1v) is 13.4. The zero-order valence-corrected chi connectivity index (χ0v) is 22.2. The fourth-order valence-electron chi connectivity index (χ4n) is 3.52. The molecule has 3 rings (SSSR count). The molecule has 1 unspecified atom stereocenters. The summed E-state index contributed by atoms with van der Waals surface area (Å²) in [5, 5.41) is 15.6. The SMILES string of the molecule is CCCN1CCC(Oc2ccc(NS(=O)(=O)c3ccc(OCC(F)F)cc3)c(C)n2)C1.O=C(O)C=CC(=O)O. The van der Waals surface area contributed by atoms with E-state index in [2.05, 4.69) is 21.5 Å². The number of aryl methyl sites for hydroxylation is 1. The highest BCUT2D eigenvalue weighted by atomic mass is 32.2. The summed E-state index contributed by atoms with van der Waals surface area (Å²) in [6.07, 6.45) is 0.629. The summed E-state index contributed by atoms with van der Waals surface area (Å²) >= 11 is 0. The summed E-state index contributed by atoms with van der Waals surface area (Å²) in [5.41, 5.74) is 0.825. The lowest BCUT2D eigenvalue weighted by molar-refractivity contribution is -0.134. The van der Waals surface area contributed by atoms with Crippen molar-refractivity contribution in [3.05, 3.63) is 54.2 Å². The minimum atomic E-state index is -3.87. The maximum atomic E-state index is 12.7. The molecule has 0 aliphatic carbocycles. The van der Waals surface area contributed by atoms with Gasteiger partial charge < -0.3 is 19.7 Å². The Morgan fingerprint density at radius 1 is 1.15 bits per heavy atom. The zero-order chi connectivity index (χ0) is 29.0. The van der Waals surface area contributed by atoms with E-state index in [1.54, 1.807) is 19.1 Å². The summed E-state index contributed by atoms with van der Waals surface area (Å²) in [5.74, 6) is -1.88. The van der Waals surface area contributed by atoms with Crippen LogP contribution in [0.15, 0.2) is 53.4 Å². The average molecular weight is 572 g/mol. The van der Waals surface area contributed by atoms with Gasteiger partial charge in [0.05, 0.1) is 16.3 Å². The third kappa shape index (κ3) is 11.2. The van der Waals surface area contributed by atoms with Gasteiger partial charge in [-0.05, 0) is 56.6 Å². The number of ether oxygens (including phenoxy) is 2. The van der Waals surface area contributed by atoms with E-state index in [1.165, 1.54) is 24.3 Å². The van der Waals surface area contributed by atoms with Crippen LogP contribution in [0.2, 0.25) is 0 Å². The molecule has 11 nitrogen and oxygen atoms in total. The third-order valence-electron chi connectivity index (χ3n) is 5.24. The monoisotopic (exact) mass is 571 g/mol. The van der Waals surface area contributed by atoms with Crippen LogP contribution in [0.4, 0.5) is 14.5 Å². The number of carboxylic acid groups (broad SMARTS) is 2. The molecule has 2 heterocycles. The second kappa shape index (κ2) is 15.0. The fourth-order valence-corrected chi connectivity index (χ4v) is 4.63. The number of alkyl halides is 2. The van der Waals surface area contributed by atoms with Crippen molar-refractivity contribution in [1.29, 1.82) is 0 Å². The van der Waals surface area contributed by atoms with Gasteiger partial charge in [-0.1, -0.05) is 6.92 Å². The number of hydrogen-bond donors (Lipinski definition) is 3. The van der Waals surface area contributed by atoms with Crippen molar-refractivity contribution in [1.82, 2.24) is 9.88 Å². The van der Waals surface area contributed by atoms with Crippen LogP contribution in [-0.4, -0.2) is 79.2 Å². The van der Waals surface area contributed by atoms with Crippen molar-refractivity contribution in [2.75, 3.05) is 31.0 Å².